The number of rotatable bonds is 7. The molecular formula is C10H23NO2. The van der Waals surface area contributed by atoms with Crippen molar-refractivity contribution in [3.05, 3.63) is 0 Å². The Kier molecular flexibility index (Phi) is 7.23. The molecule has 0 bridgehead atoms. The second kappa shape index (κ2) is 7.30. The van der Waals surface area contributed by atoms with E-state index in [0.717, 1.165) is 6.42 Å². The van der Waals surface area contributed by atoms with E-state index in [9.17, 15) is 0 Å². The van der Waals surface area contributed by atoms with Gasteiger partial charge < -0.3 is 15.2 Å². The average Bonchev–Trinajstić information content (AvgIpc) is 2.02. The predicted octanol–water partition coefficient (Wildman–Crippen LogP) is 1.02. The van der Waals surface area contributed by atoms with Crippen LogP contribution in [0.15, 0.2) is 0 Å². The van der Waals surface area contributed by atoms with Gasteiger partial charge in [-0.25, -0.2) is 0 Å². The second-order valence-electron chi connectivity index (χ2n) is 4.03. The van der Waals surface area contributed by atoms with Crippen molar-refractivity contribution in [2.24, 2.45) is 5.92 Å². The first-order chi connectivity index (χ1) is 6.10. The quantitative estimate of drug-likeness (QED) is 0.628. The lowest BCUT2D eigenvalue weighted by Crippen LogP contribution is -2.41. The minimum Gasteiger partial charge on any atom is -0.395 e. The first-order valence-electron chi connectivity index (χ1n) is 4.96. The molecule has 0 aromatic carbocycles. The number of hydrogen-bond acceptors (Lipinski definition) is 3. The largest absolute Gasteiger partial charge is 0.395 e. The molecule has 0 aliphatic rings. The van der Waals surface area contributed by atoms with E-state index in [-0.39, 0.29) is 12.6 Å². The maximum Gasteiger partial charge on any atom is 0.0613 e. The molecule has 0 saturated heterocycles. The summed E-state index contributed by atoms with van der Waals surface area (Å²) in [5.41, 5.74) is 0. The topological polar surface area (TPSA) is 41.5 Å². The lowest BCUT2D eigenvalue weighted by Gasteiger charge is -2.22. The molecule has 3 nitrogen and oxygen atoms in total. The molecule has 0 spiro atoms. The van der Waals surface area contributed by atoms with Crippen LogP contribution in [0.25, 0.3) is 0 Å². The Bertz CT molecular complexity index is 117. The van der Waals surface area contributed by atoms with Crippen molar-refractivity contribution in [1.29, 1.82) is 0 Å². The lowest BCUT2D eigenvalue weighted by atomic mass is 10.0. The Labute approximate surface area is 81.5 Å². The Morgan fingerprint density at radius 1 is 1.31 bits per heavy atom. The van der Waals surface area contributed by atoms with E-state index in [0.29, 0.717) is 18.6 Å². The number of nitrogens with one attached hydrogen (secondary N) is 1. The van der Waals surface area contributed by atoms with Gasteiger partial charge in [0, 0.05) is 19.2 Å². The molecule has 0 aromatic rings. The molecule has 80 valence electrons. The highest BCUT2D eigenvalue weighted by Gasteiger charge is 2.12. The molecule has 13 heavy (non-hydrogen) atoms. The molecule has 0 aromatic heterocycles. The second-order valence-corrected chi connectivity index (χ2v) is 4.03. The van der Waals surface area contributed by atoms with Crippen LogP contribution in [-0.2, 0) is 4.74 Å². The van der Waals surface area contributed by atoms with Crippen molar-refractivity contribution in [2.75, 3.05) is 20.3 Å². The van der Waals surface area contributed by atoms with Gasteiger partial charge >= 0.3 is 0 Å². The summed E-state index contributed by atoms with van der Waals surface area (Å²) in [6, 6.07) is 0.506. The first-order valence-corrected chi connectivity index (χ1v) is 4.96. The van der Waals surface area contributed by atoms with Gasteiger partial charge in [-0.15, -0.1) is 0 Å². The lowest BCUT2D eigenvalue weighted by molar-refractivity contribution is 0.149. The number of hydrogen-bond donors (Lipinski definition) is 2. The van der Waals surface area contributed by atoms with Crippen LogP contribution in [0.5, 0.6) is 0 Å². The SMILES string of the molecule is COC[C@H](C)N[C@H](CO)CC(C)C. The zero-order chi connectivity index (χ0) is 10.3. The van der Waals surface area contributed by atoms with Gasteiger partial charge in [-0.2, -0.15) is 0 Å². The summed E-state index contributed by atoms with van der Waals surface area (Å²) in [6.45, 7) is 7.27. The van der Waals surface area contributed by atoms with E-state index in [4.69, 9.17) is 9.84 Å². The number of ether oxygens (including phenoxy) is 1. The van der Waals surface area contributed by atoms with Crippen LogP contribution in [0, 0.1) is 5.92 Å². The molecule has 0 rings (SSSR count). The number of aliphatic hydroxyl groups is 1. The highest BCUT2D eigenvalue weighted by Crippen LogP contribution is 2.04. The fourth-order valence-electron chi connectivity index (χ4n) is 1.46. The van der Waals surface area contributed by atoms with Crippen molar-refractivity contribution in [2.45, 2.75) is 39.3 Å². The van der Waals surface area contributed by atoms with Crippen LogP contribution < -0.4 is 5.32 Å². The van der Waals surface area contributed by atoms with Gasteiger partial charge in [0.1, 0.15) is 0 Å². The fourth-order valence-corrected chi connectivity index (χ4v) is 1.46. The number of aliphatic hydroxyl groups excluding tert-OH is 1. The molecule has 0 heterocycles. The monoisotopic (exact) mass is 189 g/mol. The summed E-state index contributed by atoms with van der Waals surface area (Å²) >= 11 is 0. The fraction of sp³-hybridized carbons (Fsp3) is 1.00. The molecule has 0 unspecified atom stereocenters. The summed E-state index contributed by atoms with van der Waals surface area (Å²) in [6.07, 6.45) is 1.00. The van der Waals surface area contributed by atoms with Crippen molar-refractivity contribution >= 4 is 0 Å². The van der Waals surface area contributed by atoms with E-state index < -0.39 is 0 Å². The molecule has 2 atom stereocenters. The Morgan fingerprint density at radius 3 is 2.31 bits per heavy atom. The molecule has 0 fully saturated rings. The van der Waals surface area contributed by atoms with E-state index in [1.54, 1.807) is 7.11 Å². The van der Waals surface area contributed by atoms with E-state index in [2.05, 4.69) is 26.1 Å². The van der Waals surface area contributed by atoms with Gasteiger partial charge in [0.15, 0.2) is 0 Å². The third-order valence-corrected chi connectivity index (χ3v) is 1.91. The van der Waals surface area contributed by atoms with Crippen molar-refractivity contribution in [3.63, 3.8) is 0 Å². The number of methoxy groups -OCH3 is 1. The van der Waals surface area contributed by atoms with Crippen LogP contribution in [0.2, 0.25) is 0 Å². The summed E-state index contributed by atoms with van der Waals surface area (Å²) in [5.74, 6) is 0.611. The van der Waals surface area contributed by atoms with Gasteiger partial charge in [0.05, 0.1) is 13.2 Å². The van der Waals surface area contributed by atoms with Crippen LogP contribution in [0.4, 0.5) is 0 Å². The maximum atomic E-state index is 9.09. The van der Waals surface area contributed by atoms with Crippen LogP contribution in [-0.4, -0.2) is 37.5 Å². The molecular weight excluding hydrogens is 166 g/mol. The van der Waals surface area contributed by atoms with Gasteiger partial charge in [-0.1, -0.05) is 13.8 Å². The molecule has 3 heteroatoms. The highest BCUT2D eigenvalue weighted by atomic mass is 16.5. The molecule has 0 aliphatic carbocycles. The van der Waals surface area contributed by atoms with E-state index in [1.165, 1.54) is 0 Å². The summed E-state index contributed by atoms with van der Waals surface area (Å²) in [7, 11) is 1.69. The third-order valence-electron chi connectivity index (χ3n) is 1.91. The van der Waals surface area contributed by atoms with Crippen LogP contribution >= 0.6 is 0 Å². The minimum absolute atomic E-state index is 0.199. The zero-order valence-electron chi connectivity index (χ0n) is 9.21. The van der Waals surface area contributed by atoms with Crippen LogP contribution in [0.1, 0.15) is 27.2 Å². The van der Waals surface area contributed by atoms with Gasteiger partial charge in [0.2, 0.25) is 0 Å². The Balaban J connectivity index is 3.69. The summed E-state index contributed by atoms with van der Waals surface area (Å²) in [5, 5.41) is 12.4. The minimum atomic E-state index is 0.199. The van der Waals surface area contributed by atoms with Crippen molar-refractivity contribution in [1.82, 2.24) is 5.32 Å². The van der Waals surface area contributed by atoms with Crippen LogP contribution in [0.3, 0.4) is 0 Å². The maximum absolute atomic E-state index is 9.09. The van der Waals surface area contributed by atoms with E-state index in [1.807, 2.05) is 0 Å². The molecule has 0 aliphatic heterocycles. The molecule has 0 radical (unpaired) electrons. The van der Waals surface area contributed by atoms with Crippen molar-refractivity contribution < 1.29 is 9.84 Å². The molecule has 0 amide bonds. The van der Waals surface area contributed by atoms with E-state index >= 15 is 0 Å². The smallest absolute Gasteiger partial charge is 0.0613 e. The van der Waals surface area contributed by atoms with Gasteiger partial charge in [0.25, 0.3) is 0 Å². The summed E-state index contributed by atoms with van der Waals surface area (Å²) in [4.78, 5) is 0. The predicted molar refractivity (Wildman–Crippen MR) is 54.8 cm³/mol. The normalized spacial score (nSPS) is 16.2. The Hall–Kier alpha value is -0.120. The average molecular weight is 189 g/mol. The molecule has 0 saturated carbocycles. The van der Waals surface area contributed by atoms with Gasteiger partial charge in [-0.05, 0) is 19.3 Å². The van der Waals surface area contributed by atoms with Gasteiger partial charge in [-0.3, -0.25) is 0 Å². The third kappa shape index (κ3) is 6.99. The van der Waals surface area contributed by atoms with Crippen molar-refractivity contribution in [3.8, 4) is 0 Å². The standard InChI is InChI=1S/C10H23NO2/c1-8(2)5-10(6-12)11-9(3)7-13-4/h8-12H,5-7H2,1-4H3/t9-,10-/m0/s1. The highest BCUT2D eigenvalue weighted by molar-refractivity contribution is 4.71. The zero-order valence-corrected chi connectivity index (χ0v) is 9.21. The Morgan fingerprint density at radius 2 is 1.92 bits per heavy atom. The summed E-state index contributed by atoms with van der Waals surface area (Å²) < 4.78 is 5.01. The first kappa shape index (κ1) is 12.9. The molecule has 2 N–H and O–H groups in total.